The van der Waals surface area contributed by atoms with E-state index in [0.29, 0.717) is 45.8 Å². The van der Waals surface area contributed by atoms with Gasteiger partial charge < -0.3 is 25.3 Å². The number of carbonyl (C=O) groups excluding carboxylic acids is 1. The molecule has 1 aliphatic rings. The van der Waals surface area contributed by atoms with Crippen molar-refractivity contribution in [3.8, 4) is 28.6 Å². The van der Waals surface area contributed by atoms with Crippen LogP contribution in [-0.2, 0) is 4.79 Å². The third-order valence-electron chi connectivity index (χ3n) is 5.48. The fourth-order valence-electron chi connectivity index (χ4n) is 3.88. The van der Waals surface area contributed by atoms with Crippen molar-refractivity contribution in [1.82, 2.24) is 14.8 Å². The zero-order chi connectivity index (χ0) is 24.6. The molecule has 34 heavy (non-hydrogen) atoms. The maximum atomic E-state index is 12.5. The number of nitrogens with one attached hydrogen (secondary N) is 1. The molecule has 0 aliphatic carbocycles. The van der Waals surface area contributed by atoms with Gasteiger partial charge in [0.2, 0.25) is 11.9 Å². The number of rotatable bonds is 7. The normalized spacial score (nSPS) is 14.8. The molecule has 3 N–H and O–H groups in total. The zero-order valence-corrected chi connectivity index (χ0v) is 18.9. The first-order valence-electron chi connectivity index (χ1n) is 10.1. The molecule has 1 amide bonds. The third-order valence-corrected chi connectivity index (χ3v) is 5.48. The van der Waals surface area contributed by atoms with Crippen molar-refractivity contribution in [3.05, 3.63) is 63.3 Å². The number of aromatic nitrogens is 3. The first-order chi connectivity index (χ1) is 16.3. The Kier molecular flexibility index (Phi) is 5.80. The summed E-state index contributed by atoms with van der Waals surface area (Å²) in [5.41, 5.74) is 7.59. The van der Waals surface area contributed by atoms with Gasteiger partial charge in [0.15, 0.2) is 17.3 Å². The van der Waals surface area contributed by atoms with Crippen LogP contribution in [-0.4, -0.2) is 46.9 Å². The molecule has 12 nitrogen and oxygen atoms in total. The number of primary amides is 1. The molecule has 0 saturated carbocycles. The summed E-state index contributed by atoms with van der Waals surface area (Å²) in [7, 11) is 4.50. The van der Waals surface area contributed by atoms with Crippen LogP contribution in [0.25, 0.3) is 11.4 Å². The molecule has 1 aliphatic heterocycles. The van der Waals surface area contributed by atoms with E-state index in [4.69, 9.17) is 19.9 Å². The van der Waals surface area contributed by atoms with E-state index in [1.54, 1.807) is 31.2 Å². The SMILES string of the molecule is COc1cc(OC)c(C2C(C(N)=O)=C(C)Nc3nc(-c4ccc([N+](=O)[O-])cc4)nn32)cc1OC. The second-order valence-electron chi connectivity index (χ2n) is 7.39. The van der Waals surface area contributed by atoms with Crippen LogP contribution < -0.4 is 25.3 Å². The number of nitrogens with two attached hydrogens (primary N) is 1. The molecule has 12 heteroatoms. The average molecular weight is 466 g/mol. The molecule has 1 aromatic heterocycles. The van der Waals surface area contributed by atoms with E-state index in [-0.39, 0.29) is 11.3 Å². The number of allylic oxidation sites excluding steroid dienone is 1. The van der Waals surface area contributed by atoms with E-state index in [1.807, 2.05) is 0 Å². The quantitative estimate of drug-likeness (QED) is 0.394. The number of nitrogens with zero attached hydrogens (tertiary/aromatic N) is 4. The van der Waals surface area contributed by atoms with E-state index >= 15 is 0 Å². The van der Waals surface area contributed by atoms with Gasteiger partial charge in [0.05, 0.1) is 31.8 Å². The van der Waals surface area contributed by atoms with Crippen LogP contribution in [0.1, 0.15) is 18.5 Å². The lowest BCUT2D eigenvalue weighted by molar-refractivity contribution is -0.384. The summed E-state index contributed by atoms with van der Waals surface area (Å²) in [5, 5.41) is 18.6. The minimum absolute atomic E-state index is 0.0488. The molecule has 2 heterocycles. The third kappa shape index (κ3) is 3.74. The molecule has 0 spiro atoms. The number of anilines is 1. The first-order valence-corrected chi connectivity index (χ1v) is 10.1. The van der Waals surface area contributed by atoms with Crippen molar-refractivity contribution in [1.29, 1.82) is 0 Å². The molecule has 2 aromatic carbocycles. The van der Waals surface area contributed by atoms with Crippen molar-refractivity contribution < 1.29 is 23.9 Å². The van der Waals surface area contributed by atoms with Gasteiger partial charge >= 0.3 is 0 Å². The molecule has 0 bridgehead atoms. The predicted octanol–water partition coefficient (Wildman–Crippen LogP) is 2.65. The second kappa shape index (κ2) is 8.73. The van der Waals surface area contributed by atoms with E-state index < -0.39 is 16.9 Å². The number of benzene rings is 2. The topological polar surface area (TPSA) is 157 Å². The van der Waals surface area contributed by atoms with Gasteiger partial charge in [0.1, 0.15) is 11.8 Å². The van der Waals surface area contributed by atoms with E-state index in [9.17, 15) is 14.9 Å². The monoisotopic (exact) mass is 466 g/mol. The number of fused-ring (bicyclic) bond motifs is 1. The molecule has 1 unspecified atom stereocenters. The Bertz CT molecular complexity index is 1310. The Morgan fingerprint density at radius 3 is 2.26 bits per heavy atom. The number of carbonyl (C=O) groups is 1. The molecule has 0 radical (unpaired) electrons. The molecular formula is C22H22N6O6. The lowest BCUT2D eigenvalue weighted by atomic mass is 9.94. The summed E-state index contributed by atoms with van der Waals surface area (Å²) < 4.78 is 17.9. The Balaban J connectivity index is 1.91. The minimum atomic E-state index is -0.789. The van der Waals surface area contributed by atoms with Gasteiger partial charge in [-0.1, -0.05) is 0 Å². The molecular weight excluding hydrogens is 444 g/mol. The summed E-state index contributed by atoms with van der Waals surface area (Å²) in [4.78, 5) is 27.5. The van der Waals surface area contributed by atoms with Crippen LogP contribution in [0.2, 0.25) is 0 Å². The van der Waals surface area contributed by atoms with Gasteiger partial charge in [0.25, 0.3) is 5.69 Å². The predicted molar refractivity (Wildman–Crippen MR) is 122 cm³/mol. The Morgan fingerprint density at radius 2 is 1.71 bits per heavy atom. The largest absolute Gasteiger partial charge is 0.496 e. The number of amides is 1. The highest BCUT2D eigenvalue weighted by Crippen LogP contribution is 2.44. The van der Waals surface area contributed by atoms with Crippen molar-refractivity contribution >= 4 is 17.5 Å². The van der Waals surface area contributed by atoms with Crippen LogP contribution >= 0.6 is 0 Å². The number of hydrogen-bond donors (Lipinski definition) is 2. The van der Waals surface area contributed by atoms with Gasteiger partial charge in [-0.25, -0.2) is 4.68 Å². The second-order valence-corrected chi connectivity index (χ2v) is 7.39. The van der Waals surface area contributed by atoms with Crippen LogP contribution in [0, 0.1) is 10.1 Å². The number of hydrogen-bond acceptors (Lipinski definition) is 9. The summed E-state index contributed by atoms with van der Waals surface area (Å²) in [5.74, 6) is 1.32. The standard InChI is InChI=1S/C22H22N6O6/c1-11-18(20(23)29)19(14-9-16(33-3)17(34-4)10-15(14)32-2)27-22(24-11)25-21(26-27)12-5-7-13(8-6-12)28(30)31/h5-10,19H,1-4H3,(H2,23,29)(H,24,25,26). The van der Waals surface area contributed by atoms with Crippen LogP contribution in [0.15, 0.2) is 47.7 Å². The van der Waals surface area contributed by atoms with Gasteiger partial charge in [-0.3, -0.25) is 14.9 Å². The average Bonchev–Trinajstić information content (AvgIpc) is 3.25. The summed E-state index contributed by atoms with van der Waals surface area (Å²) in [6, 6.07) is 8.41. The van der Waals surface area contributed by atoms with E-state index in [1.165, 1.54) is 38.1 Å². The van der Waals surface area contributed by atoms with Gasteiger partial charge in [-0.15, -0.1) is 5.10 Å². The first kappa shape index (κ1) is 22.6. The molecule has 0 fully saturated rings. The lowest BCUT2D eigenvalue weighted by Crippen LogP contribution is -2.32. The highest BCUT2D eigenvalue weighted by Gasteiger charge is 2.36. The summed E-state index contributed by atoms with van der Waals surface area (Å²) >= 11 is 0. The van der Waals surface area contributed by atoms with Crippen molar-refractivity contribution in [2.45, 2.75) is 13.0 Å². The van der Waals surface area contributed by atoms with Crippen molar-refractivity contribution in [2.75, 3.05) is 26.6 Å². The number of non-ortho nitro benzene ring substituents is 1. The Labute approximate surface area is 194 Å². The van der Waals surface area contributed by atoms with Crippen LogP contribution in [0.4, 0.5) is 11.6 Å². The number of methoxy groups -OCH3 is 3. The summed E-state index contributed by atoms with van der Waals surface area (Å²) in [6.45, 7) is 1.71. The smallest absolute Gasteiger partial charge is 0.269 e. The van der Waals surface area contributed by atoms with Crippen LogP contribution in [0.5, 0.6) is 17.2 Å². The fraction of sp³-hybridized carbons (Fsp3) is 0.227. The molecule has 176 valence electrons. The Hall–Kier alpha value is -4.61. The van der Waals surface area contributed by atoms with Crippen molar-refractivity contribution in [3.63, 3.8) is 0 Å². The van der Waals surface area contributed by atoms with Crippen LogP contribution in [0.3, 0.4) is 0 Å². The number of nitro benzene ring substituents is 1. The minimum Gasteiger partial charge on any atom is -0.496 e. The molecule has 1 atom stereocenters. The zero-order valence-electron chi connectivity index (χ0n) is 18.9. The summed E-state index contributed by atoms with van der Waals surface area (Å²) in [6.07, 6.45) is 0. The van der Waals surface area contributed by atoms with Gasteiger partial charge in [-0.05, 0) is 25.1 Å². The molecule has 4 rings (SSSR count). The van der Waals surface area contributed by atoms with E-state index in [0.717, 1.165) is 0 Å². The maximum absolute atomic E-state index is 12.5. The highest BCUT2D eigenvalue weighted by molar-refractivity contribution is 5.95. The molecule has 0 saturated heterocycles. The maximum Gasteiger partial charge on any atom is 0.269 e. The van der Waals surface area contributed by atoms with E-state index in [2.05, 4.69) is 15.4 Å². The number of nitro groups is 1. The van der Waals surface area contributed by atoms with Crippen molar-refractivity contribution in [2.24, 2.45) is 5.73 Å². The molecule has 3 aromatic rings. The lowest BCUT2D eigenvalue weighted by Gasteiger charge is -2.29. The van der Waals surface area contributed by atoms with Gasteiger partial charge in [-0.2, -0.15) is 4.98 Å². The number of ether oxygens (including phenoxy) is 3. The Morgan fingerprint density at radius 1 is 1.09 bits per heavy atom. The highest BCUT2D eigenvalue weighted by atomic mass is 16.6. The fourth-order valence-corrected chi connectivity index (χ4v) is 3.88. The van der Waals surface area contributed by atoms with Gasteiger partial charge in [0, 0.05) is 35.0 Å².